The number of rotatable bonds is 5. The molecular weight excluding hydrogens is 178 g/mol. The molecule has 0 aromatic heterocycles. The van der Waals surface area contributed by atoms with Crippen LogP contribution in [0.25, 0.3) is 0 Å². The highest BCUT2D eigenvalue weighted by atomic mass is 35.5. The molecule has 0 aromatic carbocycles. The van der Waals surface area contributed by atoms with Crippen molar-refractivity contribution in [3.05, 3.63) is 0 Å². The van der Waals surface area contributed by atoms with Crippen molar-refractivity contribution in [2.45, 2.75) is 33.1 Å². The quantitative estimate of drug-likeness (QED) is 0.733. The summed E-state index contributed by atoms with van der Waals surface area (Å²) in [5.74, 6) is 0. The molecule has 0 aliphatic heterocycles. The fourth-order valence-electron chi connectivity index (χ4n) is 0.922. The fourth-order valence-corrected chi connectivity index (χ4v) is 0.922. The van der Waals surface area contributed by atoms with Gasteiger partial charge in [-0.2, -0.15) is 0 Å². The van der Waals surface area contributed by atoms with Crippen LogP contribution in [0.1, 0.15) is 33.1 Å². The summed E-state index contributed by atoms with van der Waals surface area (Å²) in [5.41, 5.74) is 0. The van der Waals surface area contributed by atoms with E-state index < -0.39 is 6.09 Å². The molecule has 0 rings (SSSR count). The second-order valence-electron chi connectivity index (χ2n) is 2.62. The smallest absolute Gasteiger partial charge is 0.407 e. The second kappa shape index (κ2) is 8.65. The summed E-state index contributed by atoms with van der Waals surface area (Å²) in [6.07, 6.45) is 2.12. The minimum atomic E-state index is -0.791. The molecule has 4 heteroatoms. The molecule has 0 spiro atoms. The molecule has 12 heavy (non-hydrogen) atoms. The highest BCUT2D eigenvalue weighted by molar-refractivity contribution is 5.85. The van der Waals surface area contributed by atoms with Crippen LogP contribution in [0.3, 0.4) is 0 Å². The first-order valence-corrected chi connectivity index (χ1v) is 4.20. The molecule has 1 amide bonds. The van der Waals surface area contributed by atoms with E-state index in [0.717, 1.165) is 19.3 Å². The highest BCUT2D eigenvalue weighted by Gasteiger charge is 2.07. The number of hydrogen-bond acceptors (Lipinski definition) is 1. The standard InChI is InChI=1S/C8H17NO2.ClH/c1-3-5-7-9(6-4-2)8(10)11;/h3-7H2,1-2H3,(H,10,11);1H. The summed E-state index contributed by atoms with van der Waals surface area (Å²) >= 11 is 0. The van der Waals surface area contributed by atoms with Crippen molar-refractivity contribution in [2.75, 3.05) is 13.1 Å². The van der Waals surface area contributed by atoms with E-state index in [9.17, 15) is 4.79 Å². The van der Waals surface area contributed by atoms with Gasteiger partial charge in [-0.05, 0) is 12.8 Å². The van der Waals surface area contributed by atoms with Crippen LogP contribution in [0.4, 0.5) is 4.79 Å². The molecule has 0 aromatic rings. The van der Waals surface area contributed by atoms with Gasteiger partial charge in [-0.25, -0.2) is 4.79 Å². The second-order valence-corrected chi connectivity index (χ2v) is 2.62. The summed E-state index contributed by atoms with van der Waals surface area (Å²) in [4.78, 5) is 12.0. The Morgan fingerprint density at radius 3 is 2.17 bits per heavy atom. The molecule has 0 saturated carbocycles. The predicted molar refractivity (Wildman–Crippen MR) is 52.0 cm³/mol. The maximum atomic E-state index is 10.5. The summed E-state index contributed by atoms with van der Waals surface area (Å²) in [5, 5.41) is 8.66. The Balaban J connectivity index is 0. The Labute approximate surface area is 80.2 Å². The number of amides is 1. The monoisotopic (exact) mass is 195 g/mol. The van der Waals surface area contributed by atoms with Gasteiger partial charge in [0.05, 0.1) is 0 Å². The Bertz CT molecular complexity index is 120. The molecule has 1 N–H and O–H groups in total. The van der Waals surface area contributed by atoms with Crippen LogP contribution in [0.5, 0.6) is 0 Å². The predicted octanol–water partition coefficient (Wildman–Crippen LogP) is 2.60. The van der Waals surface area contributed by atoms with E-state index in [4.69, 9.17) is 5.11 Å². The zero-order valence-corrected chi connectivity index (χ0v) is 8.56. The number of halogens is 1. The third-order valence-corrected chi connectivity index (χ3v) is 1.55. The zero-order valence-electron chi connectivity index (χ0n) is 7.75. The third kappa shape index (κ3) is 6.28. The largest absolute Gasteiger partial charge is 0.465 e. The van der Waals surface area contributed by atoms with E-state index in [1.807, 2.05) is 6.92 Å². The molecule has 0 saturated heterocycles. The van der Waals surface area contributed by atoms with E-state index in [0.29, 0.717) is 13.1 Å². The number of unbranched alkanes of at least 4 members (excludes halogenated alkanes) is 1. The van der Waals surface area contributed by atoms with Crippen molar-refractivity contribution in [3.8, 4) is 0 Å². The fraction of sp³-hybridized carbons (Fsp3) is 0.875. The number of carbonyl (C=O) groups is 1. The lowest BCUT2D eigenvalue weighted by Crippen LogP contribution is -2.30. The van der Waals surface area contributed by atoms with Crippen LogP contribution in [-0.4, -0.2) is 29.2 Å². The molecular formula is C8H18ClNO2. The molecule has 0 aliphatic rings. The first-order chi connectivity index (χ1) is 5.22. The van der Waals surface area contributed by atoms with Gasteiger partial charge in [-0.15, -0.1) is 12.4 Å². The first kappa shape index (κ1) is 14.1. The molecule has 0 atom stereocenters. The summed E-state index contributed by atoms with van der Waals surface area (Å²) in [7, 11) is 0. The van der Waals surface area contributed by atoms with Crippen molar-refractivity contribution in [2.24, 2.45) is 0 Å². The van der Waals surface area contributed by atoms with E-state index in [1.165, 1.54) is 4.90 Å². The van der Waals surface area contributed by atoms with E-state index in [-0.39, 0.29) is 12.4 Å². The SMILES string of the molecule is CCCCN(CCC)C(=O)O.Cl. The lowest BCUT2D eigenvalue weighted by atomic mass is 10.3. The molecule has 3 nitrogen and oxygen atoms in total. The lowest BCUT2D eigenvalue weighted by molar-refractivity contribution is 0.144. The average molecular weight is 196 g/mol. The van der Waals surface area contributed by atoms with Crippen molar-refractivity contribution in [3.63, 3.8) is 0 Å². The minimum absolute atomic E-state index is 0. The Kier molecular flexibility index (Phi) is 10.2. The molecule has 0 fully saturated rings. The van der Waals surface area contributed by atoms with Crippen LogP contribution in [-0.2, 0) is 0 Å². The highest BCUT2D eigenvalue weighted by Crippen LogP contribution is 1.96. The lowest BCUT2D eigenvalue weighted by Gasteiger charge is -2.17. The van der Waals surface area contributed by atoms with Gasteiger partial charge in [-0.3, -0.25) is 0 Å². The van der Waals surface area contributed by atoms with Crippen molar-refractivity contribution >= 4 is 18.5 Å². The summed E-state index contributed by atoms with van der Waals surface area (Å²) < 4.78 is 0. The number of hydrogen-bond donors (Lipinski definition) is 1. The normalized spacial score (nSPS) is 8.83. The topological polar surface area (TPSA) is 40.5 Å². The maximum absolute atomic E-state index is 10.5. The van der Waals surface area contributed by atoms with E-state index >= 15 is 0 Å². The Hall–Kier alpha value is -0.440. The first-order valence-electron chi connectivity index (χ1n) is 4.20. The van der Waals surface area contributed by atoms with Crippen molar-refractivity contribution in [1.82, 2.24) is 4.90 Å². The molecule has 0 bridgehead atoms. The summed E-state index contributed by atoms with van der Waals surface area (Å²) in [6, 6.07) is 0. The number of nitrogens with zero attached hydrogens (tertiary/aromatic N) is 1. The maximum Gasteiger partial charge on any atom is 0.407 e. The van der Waals surface area contributed by atoms with Gasteiger partial charge in [0, 0.05) is 13.1 Å². The average Bonchev–Trinajstić information content (AvgIpc) is 1.97. The molecule has 0 heterocycles. The molecule has 0 unspecified atom stereocenters. The van der Waals surface area contributed by atoms with Crippen molar-refractivity contribution < 1.29 is 9.90 Å². The molecule has 0 radical (unpaired) electrons. The van der Waals surface area contributed by atoms with Gasteiger partial charge < -0.3 is 10.0 Å². The number of carboxylic acid groups (broad SMARTS) is 1. The van der Waals surface area contributed by atoms with Gasteiger partial charge in [0.25, 0.3) is 0 Å². The van der Waals surface area contributed by atoms with Gasteiger partial charge >= 0.3 is 6.09 Å². The Morgan fingerprint density at radius 2 is 1.83 bits per heavy atom. The van der Waals surface area contributed by atoms with E-state index in [2.05, 4.69) is 6.92 Å². The van der Waals surface area contributed by atoms with Gasteiger partial charge in [0.2, 0.25) is 0 Å². The van der Waals surface area contributed by atoms with E-state index in [1.54, 1.807) is 0 Å². The zero-order chi connectivity index (χ0) is 8.69. The van der Waals surface area contributed by atoms with Gasteiger partial charge in [0.1, 0.15) is 0 Å². The van der Waals surface area contributed by atoms with Gasteiger partial charge in [0.15, 0.2) is 0 Å². The molecule has 0 aliphatic carbocycles. The van der Waals surface area contributed by atoms with Crippen molar-refractivity contribution in [1.29, 1.82) is 0 Å². The molecule has 74 valence electrons. The van der Waals surface area contributed by atoms with Crippen LogP contribution >= 0.6 is 12.4 Å². The van der Waals surface area contributed by atoms with Crippen LogP contribution in [0.2, 0.25) is 0 Å². The van der Waals surface area contributed by atoms with Crippen LogP contribution < -0.4 is 0 Å². The van der Waals surface area contributed by atoms with Gasteiger partial charge in [-0.1, -0.05) is 20.3 Å². The van der Waals surface area contributed by atoms with Crippen LogP contribution in [0, 0.1) is 0 Å². The summed E-state index contributed by atoms with van der Waals surface area (Å²) in [6.45, 7) is 5.39. The minimum Gasteiger partial charge on any atom is -0.465 e. The van der Waals surface area contributed by atoms with Crippen LogP contribution in [0.15, 0.2) is 0 Å². The third-order valence-electron chi connectivity index (χ3n) is 1.55. The Morgan fingerprint density at radius 1 is 1.25 bits per heavy atom.